The second-order valence-electron chi connectivity index (χ2n) is 7.97. The largest absolute Gasteiger partial charge is 0.477 e. The van der Waals surface area contributed by atoms with E-state index in [9.17, 15) is 37.5 Å². The van der Waals surface area contributed by atoms with Gasteiger partial charge in [-0.15, -0.1) is 11.8 Å². The molecule has 0 spiro atoms. The summed E-state index contributed by atoms with van der Waals surface area (Å²) in [4.78, 5) is 49.0. The first-order chi connectivity index (χ1) is 15.9. The average Bonchev–Trinajstić information content (AvgIpc) is 3.51. The molecule has 2 N–H and O–H groups in total. The van der Waals surface area contributed by atoms with Gasteiger partial charge in [-0.2, -0.15) is 18.3 Å². The number of halogens is 4. The summed E-state index contributed by atoms with van der Waals surface area (Å²) in [6.45, 7) is 0.296. The lowest BCUT2D eigenvalue weighted by Crippen LogP contribution is -2.70. The summed E-state index contributed by atoms with van der Waals surface area (Å²) in [5, 5.41) is 14.2. The maximum atomic E-state index is 13.2. The van der Waals surface area contributed by atoms with E-state index in [4.69, 9.17) is 16.3 Å². The average molecular weight is 523 g/mol. The molecular formula is C19H18ClF3N4O6S. The van der Waals surface area contributed by atoms with Crippen molar-refractivity contribution in [3.8, 4) is 0 Å². The number of aromatic nitrogens is 2. The monoisotopic (exact) mass is 522 g/mol. The van der Waals surface area contributed by atoms with Crippen molar-refractivity contribution in [1.82, 2.24) is 20.0 Å². The molecule has 34 heavy (non-hydrogen) atoms. The Kier molecular flexibility index (Phi) is 6.31. The molecule has 0 unspecified atom stereocenters. The summed E-state index contributed by atoms with van der Waals surface area (Å²) in [7, 11) is 0. The second-order valence-corrected chi connectivity index (χ2v) is 9.45. The van der Waals surface area contributed by atoms with Gasteiger partial charge in [0.25, 0.3) is 5.91 Å². The van der Waals surface area contributed by atoms with E-state index in [-0.39, 0.29) is 35.2 Å². The molecule has 0 bridgehead atoms. The molecule has 2 fully saturated rings. The summed E-state index contributed by atoms with van der Waals surface area (Å²) >= 11 is 7.07. The minimum Gasteiger partial charge on any atom is -0.477 e. The van der Waals surface area contributed by atoms with Gasteiger partial charge in [0.1, 0.15) is 30.3 Å². The minimum atomic E-state index is -4.78. The molecule has 1 aromatic heterocycles. The molecule has 3 aliphatic rings. The highest BCUT2D eigenvalue weighted by Crippen LogP contribution is 2.47. The molecule has 2 amide bonds. The third kappa shape index (κ3) is 4.48. The van der Waals surface area contributed by atoms with Crippen molar-refractivity contribution in [2.45, 2.75) is 49.8 Å². The predicted octanol–water partition coefficient (Wildman–Crippen LogP) is 1.73. The lowest BCUT2D eigenvalue weighted by molar-refractivity contribution is -0.151. The number of nitrogens with zero attached hydrogens (tertiary/aromatic N) is 3. The van der Waals surface area contributed by atoms with Crippen LogP contribution in [-0.2, 0) is 36.6 Å². The Morgan fingerprint density at radius 2 is 2.00 bits per heavy atom. The molecule has 184 valence electrons. The summed E-state index contributed by atoms with van der Waals surface area (Å²) in [6.07, 6.45) is -3.53. The highest BCUT2D eigenvalue weighted by Gasteiger charge is 2.54. The van der Waals surface area contributed by atoms with Crippen molar-refractivity contribution in [3.05, 3.63) is 27.7 Å². The number of rotatable bonds is 7. The lowest BCUT2D eigenvalue weighted by atomic mass is 10.0. The van der Waals surface area contributed by atoms with Gasteiger partial charge in [-0.3, -0.25) is 24.0 Å². The zero-order chi connectivity index (χ0) is 24.9. The number of aliphatic carboxylic acids is 1. The van der Waals surface area contributed by atoms with Crippen molar-refractivity contribution < 1.29 is 42.2 Å². The highest BCUT2D eigenvalue weighted by atomic mass is 35.5. The quantitative estimate of drug-likeness (QED) is 0.409. The smallest absolute Gasteiger partial charge is 0.436 e. The van der Waals surface area contributed by atoms with E-state index < -0.39 is 58.6 Å². The second kappa shape index (κ2) is 8.80. The Balaban J connectivity index is 1.48. The number of amides is 2. The molecule has 0 radical (unpaired) electrons. The van der Waals surface area contributed by atoms with Crippen LogP contribution in [0.15, 0.2) is 11.3 Å². The molecule has 0 aromatic carbocycles. The fourth-order valence-corrected chi connectivity index (χ4v) is 5.56. The number of thioether (sulfide) groups is 1. The SMILES string of the molecule is CC(=O)OCC1=C(C(=O)O)N2C(=O)[C@@H](NC(=O)Cn3nc(C(F)(F)F)c(Cl)c3C3CC3)[C@@H]2SC1. The maximum absolute atomic E-state index is 13.2. The Bertz CT molecular complexity index is 1120. The summed E-state index contributed by atoms with van der Waals surface area (Å²) in [6, 6.07) is -1.07. The van der Waals surface area contributed by atoms with Gasteiger partial charge in [0, 0.05) is 24.2 Å². The van der Waals surface area contributed by atoms with Crippen LogP contribution in [0.2, 0.25) is 5.02 Å². The van der Waals surface area contributed by atoms with Gasteiger partial charge in [-0.05, 0) is 12.8 Å². The van der Waals surface area contributed by atoms with E-state index in [1.807, 2.05) is 0 Å². The number of fused-ring (bicyclic) bond motifs is 1. The summed E-state index contributed by atoms with van der Waals surface area (Å²) in [5.74, 6) is -3.53. The zero-order valence-electron chi connectivity index (χ0n) is 17.5. The molecule has 15 heteroatoms. The summed E-state index contributed by atoms with van der Waals surface area (Å²) in [5.41, 5.74) is -1.22. The van der Waals surface area contributed by atoms with E-state index in [0.717, 1.165) is 9.58 Å². The lowest BCUT2D eigenvalue weighted by Gasteiger charge is -2.49. The Labute approximate surface area is 199 Å². The van der Waals surface area contributed by atoms with Gasteiger partial charge in [0.15, 0.2) is 5.69 Å². The number of β-lactam (4-membered cyclic amide) rings is 1. The minimum absolute atomic E-state index is 0.129. The molecule has 2 atom stereocenters. The Hall–Kier alpha value is -2.74. The van der Waals surface area contributed by atoms with Gasteiger partial charge in [0.05, 0.1) is 10.7 Å². The van der Waals surface area contributed by atoms with Gasteiger partial charge in [0.2, 0.25) is 5.91 Å². The first kappa shape index (κ1) is 24.4. The van der Waals surface area contributed by atoms with Crippen LogP contribution in [0.3, 0.4) is 0 Å². The van der Waals surface area contributed by atoms with Crippen LogP contribution in [0.4, 0.5) is 13.2 Å². The standard InChI is InChI=1S/C19H18ClF3N4O6S/c1-7(28)33-5-9-6-34-17-12(16(30)27(17)14(9)18(31)32)24-10(29)4-26-13(8-2-3-8)11(20)15(25-26)19(21,22)23/h8,12,17H,2-6H2,1H3,(H,24,29)(H,31,32)/t12-,17+/m1/s1. The molecule has 10 nitrogen and oxygen atoms in total. The van der Waals surface area contributed by atoms with E-state index in [0.29, 0.717) is 12.8 Å². The van der Waals surface area contributed by atoms with Crippen LogP contribution in [-0.4, -0.2) is 67.3 Å². The number of ether oxygens (including phenoxy) is 1. The van der Waals surface area contributed by atoms with E-state index in [1.54, 1.807) is 0 Å². The van der Waals surface area contributed by atoms with Crippen molar-refractivity contribution in [2.24, 2.45) is 0 Å². The number of carbonyl (C=O) groups excluding carboxylic acids is 3. The first-order valence-corrected chi connectivity index (χ1v) is 11.5. The van der Waals surface area contributed by atoms with E-state index >= 15 is 0 Å². The molecule has 1 aromatic rings. The predicted molar refractivity (Wildman–Crippen MR) is 111 cm³/mol. The van der Waals surface area contributed by atoms with Crippen molar-refractivity contribution in [3.63, 3.8) is 0 Å². The number of hydrogen-bond acceptors (Lipinski definition) is 7. The fourth-order valence-electron chi connectivity index (χ4n) is 3.84. The van der Waals surface area contributed by atoms with Crippen LogP contribution >= 0.6 is 23.4 Å². The number of esters is 1. The molecule has 1 saturated carbocycles. The van der Waals surface area contributed by atoms with Gasteiger partial charge >= 0.3 is 18.1 Å². The van der Waals surface area contributed by atoms with Crippen molar-refractivity contribution in [1.29, 1.82) is 0 Å². The Morgan fingerprint density at radius 3 is 2.56 bits per heavy atom. The Morgan fingerprint density at radius 1 is 1.32 bits per heavy atom. The third-order valence-corrected chi connectivity index (χ3v) is 7.19. The van der Waals surface area contributed by atoms with Gasteiger partial charge in [-0.25, -0.2) is 4.79 Å². The molecule has 1 aliphatic carbocycles. The zero-order valence-corrected chi connectivity index (χ0v) is 19.1. The van der Waals surface area contributed by atoms with E-state index in [1.165, 1.54) is 18.7 Å². The summed E-state index contributed by atoms with van der Waals surface area (Å²) < 4.78 is 45.4. The molecule has 1 saturated heterocycles. The number of carboxylic acids is 1. The number of alkyl halides is 3. The number of hydrogen-bond donors (Lipinski definition) is 2. The van der Waals surface area contributed by atoms with Crippen LogP contribution in [0.25, 0.3) is 0 Å². The van der Waals surface area contributed by atoms with Crippen LogP contribution in [0, 0.1) is 0 Å². The van der Waals surface area contributed by atoms with Crippen LogP contribution in [0.5, 0.6) is 0 Å². The van der Waals surface area contributed by atoms with E-state index in [2.05, 4.69) is 10.4 Å². The molecule has 3 heterocycles. The van der Waals surface area contributed by atoms with Crippen molar-refractivity contribution >= 4 is 47.1 Å². The first-order valence-electron chi connectivity index (χ1n) is 10.1. The van der Waals surface area contributed by atoms with Crippen LogP contribution < -0.4 is 5.32 Å². The van der Waals surface area contributed by atoms with Gasteiger partial charge < -0.3 is 15.2 Å². The number of nitrogens with one attached hydrogen (secondary N) is 1. The maximum Gasteiger partial charge on any atom is 0.436 e. The van der Waals surface area contributed by atoms with Gasteiger partial charge in [-0.1, -0.05) is 11.6 Å². The topological polar surface area (TPSA) is 131 Å². The molecular weight excluding hydrogens is 505 g/mol. The number of carboxylic acid groups (broad SMARTS) is 1. The molecule has 2 aliphatic heterocycles. The molecule has 4 rings (SSSR count). The van der Waals surface area contributed by atoms with Crippen molar-refractivity contribution in [2.75, 3.05) is 12.4 Å². The highest BCUT2D eigenvalue weighted by molar-refractivity contribution is 8.00. The fraction of sp³-hybridized carbons (Fsp3) is 0.526. The normalized spacial score (nSPS) is 22.3. The number of carbonyl (C=O) groups is 4. The third-order valence-electron chi connectivity index (χ3n) is 5.47. The van der Waals surface area contributed by atoms with Crippen LogP contribution in [0.1, 0.15) is 37.1 Å².